The molecule has 2 aliphatic carbocycles. The van der Waals surface area contributed by atoms with Crippen LogP contribution in [0.4, 0.5) is 0 Å². The van der Waals surface area contributed by atoms with Crippen molar-refractivity contribution < 1.29 is 4.92 Å². The standard InChI is InChI=1S/C17H26NO2/c1-14-10-9-13-16(17(14)18(19)20)15-11-7-5-3-2-4-6-8-12-15/h9,13,15H,2-8,10-12H2,1H3. The molecule has 0 spiro atoms. The van der Waals surface area contributed by atoms with Gasteiger partial charge in [-0.2, -0.15) is 0 Å². The highest BCUT2D eigenvalue weighted by molar-refractivity contribution is 5.38. The second-order valence-electron chi connectivity index (χ2n) is 6.20. The van der Waals surface area contributed by atoms with Crippen molar-refractivity contribution in [1.29, 1.82) is 0 Å². The van der Waals surface area contributed by atoms with E-state index in [1.165, 1.54) is 44.9 Å². The first-order chi connectivity index (χ1) is 9.70. The molecule has 0 N–H and O–H groups in total. The summed E-state index contributed by atoms with van der Waals surface area (Å²) < 4.78 is 0. The maximum Gasteiger partial charge on any atom is 0.271 e. The molecule has 0 amide bonds. The van der Waals surface area contributed by atoms with E-state index in [0.29, 0.717) is 11.6 Å². The fraction of sp³-hybridized carbons (Fsp3) is 0.706. The van der Waals surface area contributed by atoms with Crippen LogP contribution in [0.15, 0.2) is 22.9 Å². The summed E-state index contributed by atoms with van der Waals surface area (Å²) in [7, 11) is 0. The lowest BCUT2D eigenvalue weighted by atomic mass is 9.81. The van der Waals surface area contributed by atoms with Crippen molar-refractivity contribution >= 4 is 0 Å². The number of nitro groups is 1. The van der Waals surface area contributed by atoms with Gasteiger partial charge in [-0.3, -0.25) is 10.1 Å². The van der Waals surface area contributed by atoms with Crippen LogP contribution in [0.2, 0.25) is 0 Å². The topological polar surface area (TPSA) is 43.1 Å². The summed E-state index contributed by atoms with van der Waals surface area (Å²) in [4.78, 5) is 11.2. The molecule has 2 rings (SSSR count). The van der Waals surface area contributed by atoms with Crippen LogP contribution in [-0.4, -0.2) is 4.92 Å². The summed E-state index contributed by atoms with van der Waals surface area (Å²) in [6.07, 6.45) is 16.1. The van der Waals surface area contributed by atoms with Crippen LogP contribution in [0, 0.1) is 22.5 Å². The first-order valence-electron chi connectivity index (χ1n) is 8.08. The van der Waals surface area contributed by atoms with E-state index in [-0.39, 0.29) is 4.92 Å². The van der Waals surface area contributed by atoms with Crippen molar-refractivity contribution in [2.45, 2.75) is 71.1 Å². The smallest absolute Gasteiger partial charge is 0.258 e. The van der Waals surface area contributed by atoms with Gasteiger partial charge in [-0.25, -0.2) is 0 Å². The van der Waals surface area contributed by atoms with Crippen LogP contribution >= 0.6 is 0 Å². The number of allylic oxidation sites excluding steroid dienone is 3. The van der Waals surface area contributed by atoms with Gasteiger partial charge in [0.05, 0.1) is 4.92 Å². The van der Waals surface area contributed by atoms with Gasteiger partial charge in [0, 0.05) is 11.1 Å². The summed E-state index contributed by atoms with van der Waals surface area (Å²) >= 11 is 0. The molecule has 1 fully saturated rings. The maximum atomic E-state index is 11.4. The van der Waals surface area contributed by atoms with Crippen LogP contribution in [-0.2, 0) is 0 Å². The highest BCUT2D eigenvalue weighted by Crippen LogP contribution is 2.36. The van der Waals surface area contributed by atoms with Gasteiger partial charge in [0.25, 0.3) is 5.70 Å². The molecule has 0 aromatic rings. The van der Waals surface area contributed by atoms with Crippen LogP contribution in [0.1, 0.15) is 71.1 Å². The Bertz CT molecular complexity index is 399. The first-order valence-corrected chi connectivity index (χ1v) is 8.08. The van der Waals surface area contributed by atoms with Crippen molar-refractivity contribution in [3.8, 4) is 0 Å². The van der Waals surface area contributed by atoms with Crippen molar-refractivity contribution in [3.05, 3.63) is 39.5 Å². The minimum atomic E-state index is -0.160. The maximum absolute atomic E-state index is 11.4. The fourth-order valence-corrected chi connectivity index (χ4v) is 3.50. The van der Waals surface area contributed by atoms with E-state index in [0.717, 1.165) is 30.4 Å². The van der Waals surface area contributed by atoms with E-state index >= 15 is 0 Å². The molecule has 0 unspecified atom stereocenters. The Morgan fingerprint density at radius 1 is 1.05 bits per heavy atom. The van der Waals surface area contributed by atoms with Gasteiger partial charge in [-0.15, -0.1) is 0 Å². The average Bonchev–Trinajstić information content (AvgIpc) is 2.44. The lowest BCUT2D eigenvalue weighted by Gasteiger charge is -2.23. The van der Waals surface area contributed by atoms with Crippen molar-refractivity contribution in [2.24, 2.45) is 5.92 Å². The number of hydrogen-bond acceptors (Lipinski definition) is 2. The monoisotopic (exact) mass is 276 g/mol. The van der Waals surface area contributed by atoms with E-state index in [1.54, 1.807) is 0 Å². The third-order valence-electron chi connectivity index (χ3n) is 4.63. The van der Waals surface area contributed by atoms with Gasteiger partial charge < -0.3 is 0 Å². The highest BCUT2D eigenvalue weighted by atomic mass is 16.6. The zero-order valence-electron chi connectivity index (χ0n) is 12.6. The molecule has 20 heavy (non-hydrogen) atoms. The molecule has 0 heterocycles. The molecule has 0 atom stereocenters. The summed E-state index contributed by atoms with van der Waals surface area (Å²) in [6.45, 7) is 1.90. The van der Waals surface area contributed by atoms with E-state index in [4.69, 9.17) is 0 Å². The molecule has 0 aliphatic heterocycles. The van der Waals surface area contributed by atoms with Crippen LogP contribution in [0.5, 0.6) is 0 Å². The SMILES string of the molecule is CC1=C([N+](=O)[O-])C(C2CCCCCCCCC2)=C[CH]C1. The molecular formula is C17H26NO2. The predicted molar refractivity (Wildman–Crippen MR) is 81.7 cm³/mol. The molecule has 1 saturated carbocycles. The Kier molecular flexibility index (Phi) is 5.81. The average molecular weight is 276 g/mol. The van der Waals surface area contributed by atoms with Gasteiger partial charge >= 0.3 is 0 Å². The molecule has 0 aromatic carbocycles. The third-order valence-corrected chi connectivity index (χ3v) is 4.63. The Morgan fingerprint density at radius 3 is 2.15 bits per heavy atom. The Morgan fingerprint density at radius 2 is 1.60 bits per heavy atom. The zero-order valence-corrected chi connectivity index (χ0v) is 12.6. The van der Waals surface area contributed by atoms with Crippen LogP contribution in [0.3, 0.4) is 0 Å². The van der Waals surface area contributed by atoms with E-state index in [1.807, 2.05) is 13.0 Å². The zero-order chi connectivity index (χ0) is 14.4. The molecule has 0 bridgehead atoms. The van der Waals surface area contributed by atoms with Gasteiger partial charge in [0.2, 0.25) is 0 Å². The predicted octanol–water partition coefficient (Wildman–Crippen LogP) is 5.21. The second-order valence-corrected chi connectivity index (χ2v) is 6.20. The van der Waals surface area contributed by atoms with Gasteiger partial charge in [0.1, 0.15) is 0 Å². The molecule has 1 radical (unpaired) electrons. The van der Waals surface area contributed by atoms with Crippen LogP contribution in [0.25, 0.3) is 0 Å². The van der Waals surface area contributed by atoms with E-state index in [9.17, 15) is 10.1 Å². The Hall–Kier alpha value is -1.12. The van der Waals surface area contributed by atoms with Crippen LogP contribution < -0.4 is 0 Å². The van der Waals surface area contributed by atoms with Crippen molar-refractivity contribution in [1.82, 2.24) is 0 Å². The lowest BCUT2D eigenvalue weighted by molar-refractivity contribution is -0.423. The van der Waals surface area contributed by atoms with E-state index in [2.05, 4.69) is 6.42 Å². The summed E-state index contributed by atoms with van der Waals surface area (Å²) in [6, 6.07) is 0. The quantitative estimate of drug-likeness (QED) is 0.513. The molecule has 111 valence electrons. The Labute approximate surface area is 122 Å². The summed E-state index contributed by atoms with van der Waals surface area (Å²) in [5, 5.41) is 11.4. The number of nitrogens with zero attached hydrogens (tertiary/aromatic N) is 1. The van der Waals surface area contributed by atoms with E-state index < -0.39 is 0 Å². The molecule has 0 aromatic heterocycles. The number of hydrogen-bond donors (Lipinski definition) is 0. The number of rotatable bonds is 2. The minimum absolute atomic E-state index is 0.160. The molecule has 3 heteroatoms. The minimum Gasteiger partial charge on any atom is -0.258 e. The van der Waals surface area contributed by atoms with Crippen molar-refractivity contribution in [3.63, 3.8) is 0 Å². The summed E-state index contributed by atoms with van der Waals surface area (Å²) in [5.74, 6) is 0.389. The first kappa shape index (κ1) is 15.3. The van der Waals surface area contributed by atoms with Gasteiger partial charge in [0.15, 0.2) is 0 Å². The second kappa shape index (κ2) is 7.61. The molecule has 2 aliphatic rings. The fourth-order valence-electron chi connectivity index (χ4n) is 3.50. The highest BCUT2D eigenvalue weighted by Gasteiger charge is 2.29. The van der Waals surface area contributed by atoms with Crippen molar-refractivity contribution in [2.75, 3.05) is 0 Å². The van der Waals surface area contributed by atoms with Gasteiger partial charge in [-0.1, -0.05) is 51.0 Å². The Balaban J connectivity index is 2.13. The van der Waals surface area contributed by atoms with Gasteiger partial charge in [-0.05, 0) is 38.5 Å². The third kappa shape index (κ3) is 3.94. The lowest BCUT2D eigenvalue weighted by Crippen LogP contribution is -2.16. The molecular weight excluding hydrogens is 250 g/mol. The largest absolute Gasteiger partial charge is 0.271 e. The molecule has 3 nitrogen and oxygen atoms in total. The summed E-state index contributed by atoms with van der Waals surface area (Å²) in [5.41, 5.74) is 2.33. The normalized spacial score (nSPS) is 23.4. The molecule has 0 saturated heterocycles.